The summed E-state index contributed by atoms with van der Waals surface area (Å²) >= 11 is 1.76. The molecule has 2 fully saturated rings. The van der Waals surface area contributed by atoms with Crippen LogP contribution in [0.2, 0.25) is 0 Å². The van der Waals surface area contributed by atoms with Crippen molar-refractivity contribution in [2.24, 2.45) is 0 Å². The molecule has 4 amide bonds. The van der Waals surface area contributed by atoms with Crippen LogP contribution in [0.1, 0.15) is 22.3 Å². The minimum absolute atomic E-state index is 0.0908. The highest BCUT2D eigenvalue weighted by Crippen LogP contribution is 2.74. The van der Waals surface area contributed by atoms with E-state index in [0.717, 1.165) is 27.1 Å². The standard InChI is InChI=1S/C40H34N4O2S/c1-42-36(45)41-34(29-18-8-3-9-19-29)28-38(42,30-20-10-4-11-21-30)39(31-22-12-5-13-23-31)35(47-33-26-16-7-17-27-33)40(32-24-14-6-15-25-32)43(2)37(46)44(39)40/h3-28,35H,1-2H3,(H,41,45). The third-order valence-corrected chi connectivity index (χ3v) is 11.6. The number of nitrogens with zero attached hydrogens (tertiary/aromatic N) is 3. The molecule has 4 atom stereocenters. The Morgan fingerprint density at radius 1 is 0.596 bits per heavy atom. The predicted octanol–water partition coefficient (Wildman–Crippen LogP) is 7.87. The van der Waals surface area contributed by atoms with Crippen molar-refractivity contribution in [2.45, 2.75) is 26.9 Å². The number of carbonyl (C=O) groups is 2. The van der Waals surface area contributed by atoms with E-state index in [1.54, 1.807) is 16.7 Å². The highest BCUT2D eigenvalue weighted by atomic mass is 32.2. The highest BCUT2D eigenvalue weighted by Gasteiger charge is 2.87. The van der Waals surface area contributed by atoms with E-state index >= 15 is 0 Å². The smallest absolute Gasteiger partial charge is 0.311 e. The first kappa shape index (κ1) is 29.2. The molecule has 0 aromatic heterocycles. The fourth-order valence-electron chi connectivity index (χ4n) is 8.15. The van der Waals surface area contributed by atoms with Crippen molar-refractivity contribution in [1.29, 1.82) is 0 Å². The lowest BCUT2D eigenvalue weighted by Gasteiger charge is -2.82. The van der Waals surface area contributed by atoms with E-state index in [-0.39, 0.29) is 17.3 Å². The van der Waals surface area contributed by atoms with E-state index in [4.69, 9.17) is 0 Å². The van der Waals surface area contributed by atoms with Crippen LogP contribution in [0.25, 0.3) is 5.70 Å². The minimum Gasteiger partial charge on any atom is -0.311 e. The zero-order chi connectivity index (χ0) is 32.2. The van der Waals surface area contributed by atoms with Gasteiger partial charge in [-0.3, -0.25) is 9.80 Å². The quantitative estimate of drug-likeness (QED) is 0.198. The summed E-state index contributed by atoms with van der Waals surface area (Å²) in [5.41, 5.74) is 1.52. The SMILES string of the molecule is CN1C(=O)N2C1(c1ccccc1)C(Sc1ccccc1)C2(c1ccccc1)C1(c2ccccc2)C=C(c2ccccc2)NC(=O)N1C. The Morgan fingerprint density at radius 2 is 1.09 bits per heavy atom. The molecule has 5 aromatic carbocycles. The second kappa shape index (κ2) is 10.9. The van der Waals surface area contributed by atoms with Gasteiger partial charge in [0.2, 0.25) is 0 Å². The van der Waals surface area contributed by atoms with Crippen LogP contribution in [0.5, 0.6) is 0 Å². The molecule has 0 radical (unpaired) electrons. The molecule has 1 N–H and O–H groups in total. The minimum atomic E-state index is -1.13. The molecule has 0 saturated carbocycles. The van der Waals surface area contributed by atoms with Gasteiger partial charge in [-0.25, -0.2) is 9.59 Å². The summed E-state index contributed by atoms with van der Waals surface area (Å²) < 4.78 is 0. The van der Waals surface area contributed by atoms with Gasteiger partial charge in [0.25, 0.3) is 0 Å². The Morgan fingerprint density at radius 3 is 1.66 bits per heavy atom. The van der Waals surface area contributed by atoms with E-state index in [1.165, 1.54) is 0 Å². The molecular formula is C40H34N4O2S. The summed E-state index contributed by atoms with van der Waals surface area (Å²) in [7, 11) is 3.75. The lowest BCUT2D eigenvalue weighted by Crippen LogP contribution is -2.98. The third-order valence-electron chi connectivity index (χ3n) is 10.1. The number of fused-ring (bicyclic) bond motifs is 1. The van der Waals surface area contributed by atoms with Crippen molar-refractivity contribution in [3.8, 4) is 0 Å². The molecule has 8 rings (SSSR count). The molecule has 7 heteroatoms. The van der Waals surface area contributed by atoms with E-state index in [0.29, 0.717) is 5.70 Å². The van der Waals surface area contributed by atoms with Crippen molar-refractivity contribution in [3.63, 3.8) is 0 Å². The summed E-state index contributed by atoms with van der Waals surface area (Å²) in [5, 5.41) is 2.90. The number of benzene rings is 5. The van der Waals surface area contributed by atoms with E-state index in [2.05, 4.69) is 64.8 Å². The van der Waals surface area contributed by atoms with Crippen molar-refractivity contribution in [1.82, 2.24) is 20.0 Å². The van der Waals surface area contributed by atoms with E-state index in [1.807, 2.05) is 122 Å². The Bertz CT molecular complexity index is 1980. The van der Waals surface area contributed by atoms with Crippen LogP contribution in [0.15, 0.2) is 163 Å². The van der Waals surface area contributed by atoms with Crippen molar-refractivity contribution < 1.29 is 9.59 Å². The maximum Gasteiger partial charge on any atom is 0.325 e. The van der Waals surface area contributed by atoms with Crippen LogP contribution >= 0.6 is 11.8 Å². The first-order valence-electron chi connectivity index (χ1n) is 15.8. The van der Waals surface area contributed by atoms with Gasteiger partial charge in [-0.15, -0.1) is 11.8 Å². The van der Waals surface area contributed by atoms with Gasteiger partial charge in [0, 0.05) is 24.7 Å². The van der Waals surface area contributed by atoms with Gasteiger partial charge >= 0.3 is 12.1 Å². The molecule has 0 bridgehead atoms. The Labute approximate surface area is 279 Å². The third kappa shape index (κ3) is 3.80. The monoisotopic (exact) mass is 634 g/mol. The molecule has 5 aromatic rings. The number of nitrogens with one attached hydrogen (secondary N) is 1. The van der Waals surface area contributed by atoms with Crippen LogP contribution < -0.4 is 5.32 Å². The molecule has 4 unspecified atom stereocenters. The summed E-state index contributed by atoms with van der Waals surface area (Å²) in [5.74, 6) is 0. The normalized spacial score (nSPS) is 26.5. The highest BCUT2D eigenvalue weighted by molar-refractivity contribution is 8.00. The van der Waals surface area contributed by atoms with Gasteiger partial charge in [0.15, 0.2) is 5.66 Å². The summed E-state index contributed by atoms with van der Waals surface area (Å²) in [6, 6.07) is 50.7. The lowest BCUT2D eigenvalue weighted by molar-refractivity contribution is -0.274. The number of rotatable bonds is 7. The second-order valence-corrected chi connectivity index (χ2v) is 13.4. The Kier molecular flexibility index (Phi) is 6.77. The van der Waals surface area contributed by atoms with Crippen molar-refractivity contribution >= 4 is 29.5 Å². The average molecular weight is 635 g/mol. The van der Waals surface area contributed by atoms with Gasteiger partial charge in [-0.05, 0) is 40.5 Å². The topological polar surface area (TPSA) is 55.9 Å². The van der Waals surface area contributed by atoms with Gasteiger partial charge in [0.05, 0.1) is 5.25 Å². The summed E-state index contributed by atoms with van der Waals surface area (Å²) in [6.45, 7) is 0. The van der Waals surface area contributed by atoms with Crippen LogP contribution in [-0.2, 0) is 16.7 Å². The Balaban J connectivity index is 1.52. The first-order chi connectivity index (χ1) is 23.0. The summed E-state index contributed by atoms with van der Waals surface area (Å²) in [4.78, 5) is 35.9. The average Bonchev–Trinajstić information content (AvgIpc) is 3.13. The van der Waals surface area contributed by atoms with Gasteiger partial charge < -0.3 is 10.2 Å². The number of hydrogen-bond acceptors (Lipinski definition) is 3. The van der Waals surface area contributed by atoms with E-state index < -0.39 is 16.7 Å². The molecule has 232 valence electrons. The molecule has 3 aliphatic rings. The number of hydrogen-bond donors (Lipinski definition) is 1. The van der Waals surface area contributed by atoms with Gasteiger partial charge in [-0.2, -0.15) is 0 Å². The number of amides is 4. The number of likely N-dealkylation sites (N-methyl/N-ethyl adjacent to an activating group) is 1. The molecule has 0 spiro atoms. The molecule has 2 saturated heterocycles. The lowest BCUT2D eigenvalue weighted by atomic mass is 9.52. The van der Waals surface area contributed by atoms with Gasteiger partial charge in [-0.1, -0.05) is 140 Å². The zero-order valence-corrected chi connectivity index (χ0v) is 27.0. The largest absolute Gasteiger partial charge is 0.325 e. The number of urea groups is 2. The Hall–Kier alpha value is -5.27. The van der Waals surface area contributed by atoms with Gasteiger partial charge in [0.1, 0.15) is 11.1 Å². The summed E-state index contributed by atoms with van der Waals surface area (Å²) in [6.07, 6.45) is 2.19. The molecule has 47 heavy (non-hydrogen) atoms. The fourth-order valence-corrected chi connectivity index (χ4v) is 9.90. The van der Waals surface area contributed by atoms with Crippen LogP contribution in [-0.4, -0.2) is 46.1 Å². The molecule has 3 aliphatic heterocycles. The maximum absolute atomic E-state index is 14.6. The van der Waals surface area contributed by atoms with E-state index in [9.17, 15) is 9.59 Å². The molecular weight excluding hydrogens is 601 g/mol. The maximum atomic E-state index is 14.6. The van der Waals surface area contributed by atoms with Crippen LogP contribution in [0.3, 0.4) is 0 Å². The number of thioether (sulfide) groups is 1. The van der Waals surface area contributed by atoms with Crippen molar-refractivity contribution in [2.75, 3.05) is 14.1 Å². The zero-order valence-electron chi connectivity index (χ0n) is 26.2. The fraction of sp³-hybridized carbons (Fsp3) is 0.150. The van der Waals surface area contributed by atoms with Crippen LogP contribution in [0.4, 0.5) is 9.59 Å². The first-order valence-corrected chi connectivity index (χ1v) is 16.6. The predicted molar refractivity (Wildman–Crippen MR) is 186 cm³/mol. The molecule has 3 heterocycles. The second-order valence-electron chi connectivity index (χ2n) is 12.3. The number of carbonyl (C=O) groups excluding carboxylic acids is 2. The van der Waals surface area contributed by atoms with Crippen LogP contribution in [0, 0.1) is 0 Å². The van der Waals surface area contributed by atoms with Crippen molar-refractivity contribution in [3.05, 3.63) is 180 Å². The molecule has 6 nitrogen and oxygen atoms in total. The molecule has 0 aliphatic carbocycles.